The molecule has 0 saturated heterocycles. The van der Waals surface area contributed by atoms with Gasteiger partial charge in [0.15, 0.2) is 0 Å². The number of carboxylic acid groups (broad SMARTS) is 3. The largest absolute Gasteiger partial charge is 1.00 e. The third-order valence-electron chi connectivity index (χ3n) is 2.10. The van der Waals surface area contributed by atoms with Gasteiger partial charge in [-0.05, 0) is 12.8 Å². The van der Waals surface area contributed by atoms with E-state index >= 15 is 0 Å². The number of rotatable bonds is 7. The Morgan fingerprint density at radius 1 is 1.00 bits per heavy atom. The van der Waals surface area contributed by atoms with Crippen molar-refractivity contribution in [2.75, 3.05) is 6.16 Å². The van der Waals surface area contributed by atoms with Crippen molar-refractivity contribution in [1.29, 1.82) is 0 Å². The van der Waals surface area contributed by atoms with E-state index in [2.05, 4.69) is 0 Å². The summed E-state index contributed by atoms with van der Waals surface area (Å²) >= 11 is 0. The monoisotopic (exact) mass is 310 g/mol. The smallest absolute Gasteiger partial charge is 1.00 e. The molecule has 0 rings (SSSR count). The van der Waals surface area contributed by atoms with Crippen LogP contribution in [0.3, 0.4) is 0 Å². The predicted octanol–water partition coefficient (Wildman–Crippen LogP) is -3.70. The molecule has 18 heavy (non-hydrogen) atoms. The molecule has 0 heterocycles. The average molecular weight is 310 g/mol. The van der Waals surface area contributed by atoms with Crippen LogP contribution in [-0.4, -0.2) is 49.2 Å². The first-order chi connectivity index (χ1) is 7.54. The van der Waals surface area contributed by atoms with E-state index in [1.807, 2.05) is 0 Å². The van der Waals surface area contributed by atoms with Crippen molar-refractivity contribution in [2.45, 2.75) is 12.8 Å². The summed E-state index contributed by atoms with van der Waals surface area (Å²) in [5.41, 5.74) is -3.07. The molecule has 0 aliphatic heterocycles. The molecule has 0 saturated carbocycles. The summed E-state index contributed by atoms with van der Waals surface area (Å²) in [6.07, 6.45) is -2.21. The predicted molar refractivity (Wildman–Crippen MR) is 52.6 cm³/mol. The zero-order valence-corrected chi connectivity index (χ0v) is 13.5. The fraction of sp³-hybridized carbons (Fsp3) is 0.571. The van der Waals surface area contributed by atoms with Crippen molar-refractivity contribution in [1.82, 2.24) is 0 Å². The van der Waals surface area contributed by atoms with E-state index in [9.17, 15) is 18.9 Å². The van der Waals surface area contributed by atoms with Crippen molar-refractivity contribution >= 4 is 25.5 Å². The second-order valence-electron chi connectivity index (χ2n) is 3.31. The summed E-state index contributed by atoms with van der Waals surface area (Å²) in [7, 11) is -4.42. The maximum absolute atomic E-state index is 10.7. The van der Waals surface area contributed by atoms with Gasteiger partial charge in [0, 0.05) is 6.16 Å². The minimum absolute atomic E-state index is 0. The van der Waals surface area contributed by atoms with Gasteiger partial charge in [-0.15, -0.1) is 0 Å². The number of hydrogen-bond donors (Lipinski definition) is 5. The Bertz CT molecular complexity index is 356. The Kier molecular flexibility index (Phi) is 8.78. The normalized spacial score (nSPS) is 11.4. The molecule has 0 aromatic carbocycles. The van der Waals surface area contributed by atoms with E-state index in [4.69, 9.17) is 25.1 Å². The third-order valence-corrected chi connectivity index (χ3v) is 3.00. The molecule has 0 aliphatic carbocycles. The molecular formula is C7H12KO9P. The first kappa shape index (κ1) is 20.5. The van der Waals surface area contributed by atoms with Crippen LogP contribution in [0.2, 0.25) is 0 Å². The molecule has 0 unspecified atom stereocenters. The number of carboxylic acids is 3. The van der Waals surface area contributed by atoms with Crippen molar-refractivity contribution < 1.29 is 96.9 Å². The van der Waals surface area contributed by atoms with Crippen LogP contribution in [0.25, 0.3) is 0 Å². The van der Waals surface area contributed by atoms with Crippen molar-refractivity contribution in [3.8, 4) is 0 Å². The van der Waals surface area contributed by atoms with E-state index < -0.39 is 49.9 Å². The SMILES string of the molecule is O=C(O)C(CCCP(=O)(O)O)(C(=O)O)C(=O)O.[H-].[K+]. The fourth-order valence-corrected chi connectivity index (χ4v) is 1.72. The van der Waals surface area contributed by atoms with Gasteiger partial charge in [-0.25, -0.2) is 0 Å². The average Bonchev–Trinajstić information content (AvgIpc) is 2.08. The maximum Gasteiger partial charge on any atom is 1.00 e. The van der Waals surface area contributed by atoms with Crippen LogP contribution in [0.1, 0.15) is 14.3 Å². The minimum Gasteiger partial charge on any atom is -1.00 e. The summed E-state index contributed by atoms with van der Waals surface area (Å²) in [5.74, 6) is -6.24. The summed E-state index contributed by atoms with van der Waals surface area (Å²) in [6.45, 7) is 0. The van der Waals surface area contributed by atoms with E-state index in [1.165, 1.54) is 0 Å². The Labute approximate surface area is 145 Å². The molecule has 0 aromatic rings. The fourth-order valence-electron chi connectivity index (χ4n) is 1.15. The van der Waals surface area contributed by atoms with Gasteiger partial charge in [0.05, 0.1) is 0 Å². The Morgan fingerprint density at radius 3 is 1.56 bits per heavy atom. The second kappa shape index (κ2) is 7.70. The second-order valence-corrected chi connectivity index (χ2v) is 5.09. The number of aliphatic carboxylic acids is 3. The van der Waals surface area contributed by atoms with Gasteiger partial charge in [0.2, 0.25) is 0 Å². The summed E-state index contributed by atoms with van der Waals surface area (Å²) in [5, 5.41) is 25.9. The van der Waals surface area contributed by atoms with Crippen LogP contribution in [0.15, 0.2) is 0 Å². The quantitative estimate of drug-likeness (QED) is 0.180. The Balaban J connectivity index is -0.00000128. The van der Waals surface area contributed by atoms with Gasteiger partial charge >= 0.3 is 76.9 Å². The Morgan fingerprint density at radius 2 is 1.33 bits per heavy atom. The number of hydrogen-bond acceptors (Lipinski definition) is 4. The molecule has 9 nitrogen and oxygen atoms in total. The molecule has 0 atom stereocenters. The maximum atomic E-state index is 10.7. The van der Waals surface area contributed by atoms with Gasteiger partial charge in [-0.1, -0.05) is 0 Å². The van der Waals surface area contributed by atoms with E-state index in [-0.39, 0.29) is 52.8 Å². The molecule has 5 N–H and O–H groups in total. The zero-order chi connectivity index (χ0) is 13.9. The zero-order valence-electron chi connectivity index (χ0n) is 10.4. The van der Waals surface area contributed by atoms with Crippen LogP contribution < -0.4 is 51.4 Å². The van der Waals surface area contributed by atoms with Gasteiger partial charge in [-0.2, -0.15) is 0 Å². The third kappa shape index (κ3) is 5.45. The summed E-state index contributed by atoms with van der Waals surface area (Å²) in [6, 6.07) is 0. The van der Waals surface area contributed by atoms with Crippen molar-refractivity contribution in [3.05, 3.63) is 0 Å². The van der Waals surface area contributed by atoms with E-state index in [0.29, 0.717) is 0 Å². The molecule has 11 heteroatoms. The van der Waals surface area contributed by atoms with Gasteiger partial charge in [-0.3, -0.25) is 18.9 Å². The van der Waals surface area contributed by atoms with Crippen molar-refractivity contribution in [3.63, 3.8) is 0 Å². The van der Waals surface area contributed by atoms with Gasteiger partial charge < -0.3 is 26.5 Å². The topological polar surface area (TPSA) is 169 Å². The molecule has 100 valence electrons. The van der Waals surface area contributed by atoms with Crippen molar-refractivity contribution in [2.24, 2.45) is 5.41 Å². The van der Waals surface area contributed by atoms with Crippen LogP contribution in [0, 0.1) is 5.41 Å². The van der Waals surface area contributed by atoms with Crippen LogP contribution in [0.4, 0.5) is 0 Å². The van der Waals surface area contributed by atoms with E-state index in [1.54, 1.807) is 0 Å². The summed E-state index contributed by atoms with van der Waals surface area (Å²) < 4.78 is 10.5. The first-order valence-electron chi connectivity index (χ1n) is 4.29. The summed E-state index contributed by atoms with van der Waals surface area (Å²) in [4.78, 5) is 49.1. The molecule has 0 spiro atoms. The number of carbonyl (C=O) groups is 3. The molecule has 0 aliphatic rings. The molecule has 0 aromatic heterocycles. The Hall–Kier alpha value is 0.196. The van der Waals surface area contributed by atoms with Gasteiger partial charge in [0.1, 0.15) is 0 Å². The molecule has 0 fully saturated rings. The van der Waals surface area contributed by atoms with Crippen LogP contribution in [-0.2, 0) is 18.9 Å². The molecular weight excluding hydrogens is 298 g/mol. The van der Waals surface area contributed by atoms with Crippen LogP contribution >= 0.6 is 7.60 Å². The standard InChI is InChI=1S/C7H11O9P.K.H/c8-4(9)7(5(10)11,6(12)13)2-1-3-17(14,15)16;;/h1-3H2,(H,8,9)(H,10,11)(H,12,13)(H2,14,15,16);;/q;+1;-1. The van der Waals surface area contributed by atoms with Crippen LogP contribution in [0.5, 0.6) is 0 Å². The molecule has 0 amide bonds. The molecule has 0 radical (unpaired) electrons. The minimum atomic E-state index is -4.42. The van der Waals surface area contributed by atoms with Gasteiger partial charge in [0.25, 0.3) is 5.41 Å². The molecule has 0 bridgehead atoms. The van der Waals surface area contributed by atoms with E-state index in [0.717, 1.165) is 0 Å². The first-order valence-corrected chi connectivity index (χ1v) is 6.08.